The Bertz CT molecular complexity index is 1230. The van der Waals surface area contributed by atoms with Gasteiger partial charge < -0.3 is 24.9 Å². The highest BCUT2D eigenvalue weighted by Gasteiger charge is 2.26. The summed E-state index contributed by atoms with van der Waals surface area (Å²) in [5, 5.41) is 18.7. The van der Waals surface area contributed by atoms with Crippen molar-refractivity contribution >= 4 is 45.9 Å². The van der Waals surface area contributed by atoms with Crippen molar-refractivity contribution in [2.75, 3.05) is 0 Å². The first kappa shape index (κ1) is 17.9. The molecule has 11 heteroatoms. The first-order valence-electron chi connectivity index (χ1n) is 8.02. The maximum absolute atomic E-state index is 12.5. The van der Waals surface area contributed by atoms with E-state index in [1.165, 1.54) is 36.9 Å². The number of H-pyrrole nitrogens is 2. The number of nitrogens with one attached hydrogen (secondary N) is 2. The van der Waals surface area contributed by atoms with Crippen molar-refractivity contribution in [1.29, 1.82) is 0 Å². The number of rotatable bonds is 4. The molecule has 144 valence electrons. The number of ether oxygens (including phenoxy) is 1. The third-order valence-corrected chi connectivity index (χ3v) is 4.21. The summed E-state index contributed by atoms with van der Waals surface area (Å²) in [7, 11) is 0. The van der Waals surface area contributed by atoms with E-state index >= 15 is 0 Å². The number of carboxylic acids is 2. The molecule has 0 amide bonds. The number of aromatic amines is 2. The Morgan fingerprint density at radius 1 is 0.690 bits per heavy atom. The van der Waals surface area contributed by atoms with E-state index in [0.717, 1.165) is 0 Å². The molecule has 0 unspecified atom stereocenters. The topological polar surface area (TPSA) is 175 Å². The molecule has 0 aliphatic rings. The lowest BCUT2D eigenvalue weighted by Gasteiger charge is -2.08. The maximum Gasteiger partial charge on any atom is 0.346 e. The molecule has 0 aliphatic heterocycles. The average molecular weight is 394 g/mol. The monoisotopic (exact) mass is 394 g/mol. The van der Waals surface area contributed by atoms with Crippen molar-refractivity contribution in [3.8, 4) is 0 Å². The van der Waals surface area contributed by atoms with E-state index < -0.39 is 46.1 Å². The zero-order chi connectivity index (χ0) is 20.7. The van der Waals surface area contributed by atoms with Crippen LogP contribution in [0.5, 0.6) is 0 Å². The Hall–Kier alpha value is -4.54. The van der Waals surface area contributed by atoms with Gasteiger partial charge in [-0.1, -0.05) is 0 Å². The molecule has 2 heterocycles. The zero-order valence-corrected chi connectivity index (χ0v) is 14.3. The highest BCUT2D eigenvalue weighted by Crippen LogP contribution is 2.22. The minimum Gasteiger partial charge on any atom is -0.478 e. The van der Waals surface area contributed by atoms with E-state index in [1.807, 2.05) is 0 Å². The van der Waals surface area contributed by atoms with Crippen LogP contribution in [0.2, 0.25) is 0 Å². The molecule has 4 N–H and O–H groups in total. The summed E-state index contributed by atoms with van der Waals surface area (Å²) in [6, 6.07) is 4.70. The van der Waals surface area contributed by atoms with Gasteiger partial charge in [-0.25, -0.2) is 29.1 Å². The molecule has 29 heavy (non-hydrogen) atoms. The van der Waals surface area contributed by atoms with Crippen molar-refractivity contribution in [1.82, 2.24) is 19.9 Å². The van der Waals surface area contributed by atoms with Crippen LogP contribution in [-0.2, 0) is 4.74 Å². The normalized spacial score (nSPS) is 10.9. The summed E-state index contributed by atoms with van der Waals surface area (Å²) in [6.07, 6.45) is 2.63. The number of aromatic carboxylic acids is 2. The number of imidazole rings is 2. The molecule has 0 fully saturated rings. The third kappa shape index (κ3) is 3.06. The van der Waals surface area contributed by atoms with Crippen molar-refractivity contribution in [3.05, 3.63) is 59.2 Å². The van der Waals surface area contributed by atoms with Gasteiger partial charge in [-0.2, -0.15) is 0 Å². The van der Waals surface area contributed by atoms with E-state index in [9.17, 15) is 29.4 Å². The molecule has 0 radical (unpaired) electrons. The number of carbonyl (C=O) groups excluding carboxylic acids is 2. The van der Waals surface area contributed by atoms with Gasteiger partial charge in [0.25, 0.3) is 0 Å². The number of hydrogen-bond donors (Lipinski definition) is 4. The predicted octanol–water partition coefficient (Wildman–Crippen LogP) is 1.83. The molecule has 0 saturated heterocycles. The molecule has 0 saturated carbocycles. The van der Waals surface area contributed by atoms with E-state index in [2.05, 4.69) is 19.9 Å². The molecule has 0 bridgehead atoms. The Morgan fingerprint density at radius 3 is 1.48 bits per heavy atom. The van der Waals surface area contributed by atoms with Crippen LogP contribution in [0.4, 0.5) is 0 Å². The predicted molar refractivity (Wildman–Crippen MR) is 95.9 cm³/mol. The fourth-order valence-corrected chi connectivity index (χ4v) is 2.85. The molecule has 4 aromatic rings. The fourth-order valence-electron chi connectivity index (χ4n) is 2.85. The van der Waals surface area contributed by atoms with Gasteiger partial charge in [-0.3, -0.25) is 0 Å². The van der Waals surface area contributed by atoms with E-state index in [1.54, 1.807) is 0 Å². The van der Waals surface area contributed by atoms with E-state index in [-0.39, 0.29) is 0 Å². The molecule has 2 aromatic carbocycles. The largest absolute Gasteiger partial charge is 0.478 e. The number of carbonyl (C=O) groups is 4. The highest BCUT2D eigenvalue weighted by atomic mass is 16.6. The van der Waals surface area contributed by atoms with Crippen LogP contribution in [0, 0.1) is 0 Å². The van der Waals surface area contributed by atoms with Gasteiger partial charge in [0.15, 0.2) is 0 Å². The highest BCUT2D eigenvalue weighted by molar-refractivity contribution is 6.12. The second kappa shape index (κ2) is 6.56. The minimum absolute atomic E-state index is 0.290. The van der Waals surface area contributed by atoms with E-state index in [4.69, 9.17) is 4.74 Å². The standard InChI is InChI=1S/C18H10N4O7/c23-15(24)7-1-11-13(21-5-19-11)3-9(7)17(27)29-18(28)10-4-14-12(20-6-22-14)2-8(10)16(25)26/h1-6H,(H,19,21)(H,20,22)(H,23,24)(H,25,26). The molecule has 11 nitrogen and oxygen atoms in total. The van der Waals surface area contributed by atoms with Crippen LogP contribution in [-0.4, -0.2) is 54.0 Å². The Kier molecular flexibility index (Phi) is 4.04. The number of fused-ring (bicyclic) bond motifs is 2. The lowest BCUT2D eigenvalue weighted by molar-refractivity contribution is 0.0387. The van der Waals surface area contributed by atoms with Gasteiger partial charge in [0.2, 0.25) is 0 Å². The zero-order valence-electron chi connectivity index (χ0n) is 14.3. The lowest BCUT2D eigenvalue weighted by Crippen LogP contribution is -2.18. The summed E-state index contributed by atoms with van der Waals surface area (Å²) in [5.41, 5.74) is -0.269. The van der Waals surface area contributed by atoms with Crippen LogP contribution in [0.25, 0.3) is 22.1 Å². The van der Waals surface area contributed by atoms with Gasteiger partial charge in [-0.05, 0) is 24.3 Å². The lowest BCUT2D eigenvalue weighted by atomic mass is 10.1. The van der Waals surface area contributed by atoms with Crippen molar-refractivity contribution < 1.29 is 34.1 Å². The van der Waals surface area contributed by atoms with Crippen molar-refractivity contribution in [3.63, 3.8) is 0 Å². The first-order valence-corrected chi connectivity index (χ1v) is 8.02. The Balaban J connectivity index is 1.73. The first-order chi connectivity index (χ1) is 13.8. The average Bonchev–Trinajstić information content (AvgIpc) is 3.33. The molecule has 2 aromatic heterocycles. The smallest absolute Gasteiger partial charge is 0.346 e. The van der Waals surface area contributed by atoms with Crippen LogP contribution in [0.3, 0.4) is 0 Å². The Morgan fingerprint density at radius 2 is 1.10 bits per heavy atom. The number of aromatic nitrogens is 4. The number of carboxylic acid groups (broad SMARTS) is 2. The van der Waals surface area contributed by atoms with Gasteiger partial charge in [0.1, 0.15) is 0 Å². The van der Waals surface area contributed by atoms with Crippen molar-refractivity contribution in [2.24, 2.45) is 0 Å². The molecule has 0 atom stereocenters. The van der Waals surface area contributed by atoms with Gasteiger partial charge in [-0.15, -0.1) is 0 Å². The van der Waals surface area contributed by atoms with Gasteiger partial charge in [0.05, 0.1) is 57.0 Å². The maximum atomic E-state index is 12.5. The quantitative estimate of drug-likeness (QED) is 0.297. The minimum atomic E-state index is -1.41. The van der Waals surface area contributed by atoms with Crippen molar-refractivity contribution in [2.45, 2.75) is 0 Å². The summed E-state index contributed by atoms with van der Waals surface area (Å²) < 4.78 is 4.77. The Labute approximate surface area is 160 Å². The molecular formula is C18H10N4O7. The van der Waals surface area contributed by atoms with E-state index in [0.29, 0.717) is 22.1 Å². The summed E-state index contributed by atoms with van der Waals surface area (Å²) in [5.74, 6) is -5.33. The number of esters is 2. The molecular weight excluding hydrogens is 384 g/mol. The summed E-state index contributed by atoms with van der Waals surface area (Å²) >= 11 is 0. The third-order valence-electron chi connectivity index (χ3n) is 4.21. The van der Waals surface area contributed by atoms with Crippen LogP contribution in [0.1, 0.15) is 41.4 Å². The van der Waals surface area contributed by atoms with Gasteiger partial charge >= 0.3 is 23.9 Å². The van der Waals surface area contributed by atoms with Crippen LogP contribution >= 0.6 is 0 Å². The molecule has 0 spiro atoms. The molecule has 0 aliphatic carbocycles. The number of hydrogen-bond acceptors (Lipinski definition) is 7. The second-order valence-electron chi connectivity index (χ2n) is 5.92. The summed E-state index contributed by atoms with van der Waals surface area (Å²) in [4.78, 5) is 61.3. The van der Waals surface area contributed by atoms with Crippen LogP contribution < -0.4 is 0 Å². The summed E-state index contributed by atoms with van der Waals surface area (Å²) in [6.45, 7) is 0. The fraction of sp³-hybridized carbons (Fsp3) is 0. The molecule has 4 rings (SSSR count). The van der Waals surface area contributed by atoms with Gasteiger partial charge in [0, 0.05) is 0 Å². The van der Waals surface area contributed by atoms with Crippen LogP contribution in [0.15, 0.2) is 36.9 Å². The number of benzene rings is 2. The number of nitrogens with zero attached hydrogens (tertiary/aromatic N) is 2. The SMILES string of the molecule is O=C(O)c1cc2[nH]cnc2cc1C(=O)OC(=O)c1cc2nc[nH]c2cc1C(=O)O. The second-order valence-corrected chi connectivity index (χ2v) is 5.92.